The van der Waals surface area contributed by atoms with Crippen LogP contribution in [0.3, 0.4) is 0 Å². The van der Waals surface area contributed by atoms with Crippen LogP contribution in [-0.2, 0) is 9.59 Å². The number of halogens is 1. The third-order valence-corrected chi connectivity index (χ3v) is 6.93. The van der Waals surface area contributed by atoms with Gasteiger partial charge in [-0.3, -0.25) is 14.4 Å². The van der Waals surface area contributed by atoms with Crippen LogP contribution >= 0.6 is 11.6 Å². The summed E-state index contributed by atoms with van der Waals surface area (Å²) in [6, 6.07) is 22.5. The summed E-state index contributed by atoms with van der Waals surface area (Å²) >= 11 is 6.28. The smallest absolute Gasteiger partial charge is 0.283 e. The zero-order valence-corrected chi connectivity index (χ0v) is 21.5. The third kappa shape index (κ3) is 4.95. The monoisotopic (exact) mass is 514 g/mol. The molecule has 2 aliphatic rings. The summed E-state index contributed by atoms with van der Waals surface area (Å²) in [5.74, 6) is -1.12. The molecule has 0 unspecified atom stereocenters. The SMILES string of the molecule is Cc1cc(C)cc(N2C(=O)C(Cl)=C(Nc3ccc(C(=O)N4CCN(c5ccccc5)CC4)cc3)C2=O)c1. The minimum absolute atomic E-state index is 0.0157. The molecule has 3 amide bonds. The Morgan fingerprint density at radius 3 is 2.03 bits per heavy atom. The lowest BCUT2D eigenvalue weighted by molar-refractivity contribution is -0.120. The zero-order chi connectivity index (χ0) is 26.1. The van der Waals surface area contributed by atoms with Crippen LogP contribution in [0.15, 0.2) is 83.5 Å². The summed E-state index contributed by atoms with van der Waals surface area (Å²) in [7, 11) is 0. The lowest BCUT2D eigenvalue weighted by Crippen LogP contribution is -2.48. The summed E-state index contributed by atoms with van der Waals surface area (Å²) in [6.07, 6.45) is 0. The van der Waals surface area contributed by atoms with Crippen molar-refractivity contribution in [1.29, 1.82) is 0 Å². The molecule has 1 saturated heterocycles. The number of nitrogens with zero attached hydrogens (tertiary/aromatic N) is 3. The van der Waals surface area contributed by atoms with Gasteiger partial charge in [0, 0.05) is 43.1 Å². The van der Waals surface area contributed by atoms with Crippen molar-refractivity contribution in [3.05, 3.63) is 100 Å². The van der Waals surface area contributed by atoms with E-state index in [0.717, 1.165) is 34.8 Å². The summed E-state index contributed by atoms with van der Waals surface area (Å²) in [5.41, 5.74) is 4.66. The van der Waals surface area contributed by atoms with E-state index in [9.17, 15) is 14.4 Å². The molecule has 0 aromatic heterocycles. The molecule has 0 saturated carbocycles. The molecule has 188 valence electrons. The molecule has 0 radical (unpaired) electrons. The fourth-order valence-electron chi connectivity index (χ4n) is 4.76. The van der Waals surface area contributed by atoms with Crippen molar-refractivity contribution < 1.29 is 14.4 Å². The maximum Gasteiger partial charge on any atom is 0.283 e. The Kier molecular flexibility index (Phi) is 6.72. The first kappa shape index (κ1) is 24.6. The van der Waals surface area contributed by atoms with E-state index in [2.05, 4.69) is 22.3 Å². The van der Waals surface area contributed by atoms with Crippen LogP contribution in [-0.4, -0.2) is 48.8 Å². The van der Waals surface area contributed by atoms with E-state index in [1.807, 2.05) is 43.0 Å². The highest BCUT2D eigenvalue weighted by Gasteiger charge is 2.39. The van der Waals surface area contributed by atoms with Gasteiger partial charge in [0.25, 0.3) is 17.7 Å². The average Bonchev–Trinajstić information content (AvgIpc) is 3.11. The normalized spacial score (nSPS) is 16.0. The van der Waals surface area contributed by atoms with Crippen molar-refractivity contribution in [1.82, 2.24) is 4.90 Å². The Bertz CT molecular complexity index is 1370. The highest BCUT2D eigenvalue weighted by molar-refractivity contribution is 6.53. The second-order valence-electron chi connectivity index (χ2n) is 9.30. The maximum absolute atomic E-state index is 13.1. The molecule has 0 bridgehead atoms. The number of hydrogen-bond donors (Lipinski definition) is 1. The molecule has 1 fully saturated rings. The standard InChI is InChI=1S/C29H27ClN4O3/c1-19-16-20(2)18-24(17-19)34-28(36)25(30)26(29(34)37)31-22-10-8-21(9-11-22)27(35)33-14-12-32(13-15-33)23-6-4-3-5-7-23/h3-11,16-18,31H,12-15H2,1-2H3. The Morgan fingerprint density at radius 1 is 0.784 bits per heavy atom. The lowest BCUT2D eigenvalue weighted by atomic mass is 10.1. The predicted molar refractivity (Wildman–Crippen MR) is 146 cm³/mol. The van der Waals surface area contributed by atoms with Gasteiger partial charge in [-0.1, -0.05) is 35.9 Å². The van der Waals surface area contributed by atoms with Crippen LogP contribution in [0.2, 0.25) is 0 Å². The van der Waals surface area contributed by atoms with Crippen LogP contribution < -0.4 is 15.1 Å². The van der Waals surface area contributed by atoms with E-state index in [1.165, 1.54) is 0 Å². The van der Waals surface area contributed by atoms with Crippen LogP contribution in [0.4, 0.5) is 17.1 Å². The van der Waals surface area contributed by atoms with Crippen molar-refractivity contribution in [2.75, 3.05) is 41.3 Å². The third-order valence-electron chi connectivity index (χ3n) is 6.58. The van der Waals surface area contributed by atoms with Gasteiger partial charge in [-0.15, -0.1) is 0 Å². The van der Waals surface area contributed by atoms with Crippen LogP contribution in [0, 0.1) is 13.8 Å². The molecule has 7 nitrogen and oxygen atoms in total. The highest BCUT2D eigenvalue weighted by atomic mass is 35.5. The Morgan fingerprint density at radius 2 is 1.41 bits per heavy atom. The number of carbonyl (C=O) groups excluding carboxylic acids is 3. The summed E-state index contributed by atoms with van der Waals surface area (Å²) in [6.45, 7) is 6.63. The number of aryl methyl sites for hydroxylation is 2. The first-order chi connectivity index (χ1) is 17.8. The summed E-state index contributed by atoms with van der Waals surface area (Å²) in [5, 5.41) is 2.81. The molecule has 0 aliphatic carbocycles. The van der Waals surface area contributed by atoms with Gasteiger partial charge in [0.1, 0.15) is 10.7 Å². The van der Waals surface area contributed by atoms with Gasteiger partial charge in [-0.25, -0.2) is 4.90 Å². The van der Waals surface area contributed by atoms with Crippen LogP contribution in [0.25, 0.3) is 0 Å². The van der Waals surface area contributed by atoms with Gasteiger partial charge in [0.05, 0.1) is 5.69 Å². The fraction of sp³-hybridized carbons (Fsp3) is 0.207. The number of para-hydroxylation sites is 1. The van der Waals surface area contributed by atoms with Gasteiger partial charge in [0.15, 0.2) is 0 Å². The van der Waals surface area contributed by atoms with Crippen molar-refractivity contribution in [3.8, 4) is 0 Å². The van der Waals surface area contributed by atoms with E-state index in [4.69, 9.17) is 11.6 Å². The van der Waals surface area contributed by atoms with Crippen molar-refractivity contribution in [2.24, 2.45) is 0 Å². The Labute approximate surface area is 220 Å². The number of amides is 3. The molecule has 3 aromatic rings. The van der Waals surface area contributed by atoms with E-state index in [-0.39, 0.29) is 16.6 Å². The number of rotatable bonds is 5. The first-order valence-corrected chi connectivity index (χ1v) is 12.5. The summed E-state index contributed by atoms with van der Waals surface area (Å²) in [4.78, 5) is 44.1. The average molecular weight is 515 g/mol. The van der Waals surface area contributed by atoms with Gasteiger partial charge in [-0.05, 0) is 73.5 Å². The fourth-order valence-corrected chi connectivity index (χ4v) is 4.97. The molecular weight excluding hydrogens is 488 g/mol. The highest BCUT2D eigenvalue weighted by Crippen LogP contribution is 2.31. The molecule has 2 heterocycles. The molecule has 5 rings (SSSR count). The van der Waals surface area contributed by atoms with Crippen molar-refractivity contribution in [3.63, 3.8) is 0 Å². The Hall–Kier alpha value is -4.10. The molecule has 2 aliphatic heterocycles. The van der Waals surface area contributed by atoms with E-state index < -0.39 is 11.8 Å². The first-order valence-electron chi connectivity index (χ1n) is 12.1. The quantitative estimate of drug-likeness (QED) is 0.500. The topological polar surface area (TPSA) is 73.0 Å². The number of carbonyl (C=O) groups is 3. The zero-order valence-electron chi connectivity index (χ0n) is 20.7. The number of anilines is 3. The lowest BCUT2D eigenvalue weighted by Gasteiger charge is -2.36. The van der Waals surface area contributed by atoms with Gasteiger partial charge in [0.2, 0.25) is 0 Å². The van der Waals surface area contributed by atoms with Crippen LogP contribution in [0.5, 0.6) is 0 Å². The van der Waals surface area contributed by atoms with Gasteiger partial charge < -0.3 is 15.1 Å². The van der Waals surface area contributed by atoms with Gasteiger partial charge in [-0.2, -0.15) is 0 Å². The number of imide groups is 1. The molecule has 1 N–H and O–H groups in total. The molecule has 8 heteroatoms. The van der Waals surface area contributed by atoms with E-state index in [0.29, 0.717) is 30.0 Å². The van der Waals surface area contributed by atoms with E-state index >= 15 is 0 Å². The Balaban J connectivity index is 1.24. The summed E-state index contributed by atoms with van der Waals surface area (Å²) < 4.78 is 0. The second-order valence-corrected chi connectivity index (χ2v) is 9.68. The number of hydrogen-bond acceptors (Lipinski definition) is 5. The van der Waals surface area contributed by atoms with Crippen molar-refractivity contribution >= 4 is 46.4 Å². The second kappa shape index (κ2) is 10.1. The number of piperazine rings is 1. The largest absolute Gasteiger partial charge is 0.368 e. The van der Waals surface area contributed by atoms with Crippen molar-refractivity contribution in [2.45, 2.75) is 13.8 Å². The maximum atomic E-state index is 13.1. The molecule has 0 atom stereocenters. The molecular formula is C29H27ClN4O3. The van der Waals surface area contributed by atoms with Crippen LogP contribution in [0.1, 0.15) is 21.5 Å². The number of benzene rings is 3. The molecule has 37 heavy (non-hydrogen) atoms. The number of nitrogens with one attached hydrogen (secondary N) is 1. The molecule has 3 aromatic carbocycles. The van der Waals surface area contributed by atoms with Gasteiger partial charge >= 0.3 is 0 Å². The minimum atomic E-state index is -0.569. The van der Waals surface area contributed by atoms with E-state index in [1.54, 1.807) is 36.4 Å². The predicted octanol–water partition coefficient (Wildman–Crippen LogP) is 4.70. The minimum Gasteiger partial charge on any atom is -0.368 e. The molecule has 0 spiro atoms.